The minimum Gasteiger partial charge on any atom is -0.398 e. The number of hydrogen-bond donors (Lipinski definition) is 1. The Labute approximate surface area is 112 Å². The Hall–Kier alpha value is -1.82. The number of anilines is 2. The minimum atomic E-state index is -0.400. The Balaban J connectivity index is 2.29. The van der Waals surface area contributed by atoms with Crippen molar-refractivity contribution in [2.24, 2.45) is 0 Å². The van der Waals surface area contributed by atoms with E-state index in [4.69, 9.17) is 5.73 Å². The third-order valence-corrected chi connectivity index (χ3v) is 3.86. The first-order chi connectivity index (χ1) is 8.88. The number of nitrogens with two attached hydrogens (primary N) is 1. The van der Waals surface area contributed by atoms with Gasteiger partial charge in [-0.2, -0.15) is 0 Å². The molecule has 104 valence electrons. The van der Waals surface area contributed by atoms with Crippen LogP contribution in [0, 0.1) is 10.1 Å². The number of nitrogens with zero attached hydrogens (tertiary/aromatic N) is 3. The van der Waals surface area contributed by atoms with Gasteiger partial charge in [-0.1, -0.05) is 0 Å². The number of nitro benzene ring substituents is 1. The van der Waals surface area contributed by atoms with Crippen molar-refractivity contribution in [3.05, 3.63) is 28.3 Å². The molecule has 6 heteroatoms. The monoisotopic (exact) mass is 264 g/mol. The van der Waals surface area contributed by atoms with Crippen LogP contribution < -0.4 is 10.6 Å². The molecule has 2 unspecified atom stereocenters. The van der Waals surface area contributed by atoms with Crippen molar-refractivity contribution in [3.63, 3.8) is 0 Å². The molecular formula is C13H20N4O2. The van der Waals surface area contributed by atoms with Gasteiger partial charge < -0.3 is 10.6 Å². The van der Waals surface area contributed by atoms with E-state index in [0.29, 0.717) is 17.8 Å². The van der Waals surface area contributed by atoms with Crippen molar-refractivity contribution in [2.75, 3.05) is 30.8 Å². The van der Waals surface area contributed by atoms with Gasteiger partial charge in [0.25, 0.3) is 5.69 Å². The molecule has 1 aliphatic heterocycles. The maximum Gasteiger partial charge on any atom is 0.273 e. The van der Waals surface area contributed by atoms with Gasteiger partial charge in [0.1, 0.15) is 0 Å². The van der Waals surface area contributed by atoms with E-state index < -0.39 is 4.92 Å². The van der Waals surface area contributed by atoms with Gasteiger partial charge in [-0.15, -0.1) is 0 Å². The number of non-ortho nitro benzene ring substituents is 1. The third-order valence-electron chi connectivity index (χ3n) is 3.86. The maximum absolute atomic E-state index is 10.9. The second kappa shape index (κ2) is 5.05. The van der Waals surface area contributed by atoms with Gasteiger partial charge in [-0.05, 0) is 27.0 Å². The van der Waals surface area contributed by atoms with Gasteiger partial charge in [-0.3, -0.25) is 15.0 Å². The average Bonchev–Trinajstić information content (AvgIpc) is 2.34. The van der Waals surface area contributed by atoms with Crippen LogP contribution in [0.3, 0.4) is 0 Å². The molecule has 1 aromatic rings. The normalized spacial score (nSPS) is 24.5. The Morgan fingerprint density at radius 2 is 1.84 bits per heavy atom. The van der Waals surface area contributed by atoms with Crippen LogP contribution in [0.1, 0.15) is 13.8 Å². The minimum absolute atomic E-state index is 0.0502. The molecule has 0 aromatic heterocycles. The standard InChI is InChI=1S/C13H20N4O2/c1-9-7-16(8-10(2)15(9)3)12-4-11(14)5-13(6-12)17(18)19/h4-6,9-10H,7-8,14H2,1-3H3. The molecule has 0 saturated carbocycles. The highest BCUT2D eigenvalue weighted by molar-refractivity contribution is 5.63. The first kappa shape index (κ1) is 13.6. The topological polar surface area (TPSA) is 75.6 Å². The molecule has 6 nitrogen and oxygen atoms in total. The van der Waals surface area contributed by atoms with Gasteiger partial charge in [-0.25, -0.2) is 0 Å². The summed E-state index contributed by atoms with van der Waals surface area (Å²) in [7, 11) is 2.11. The lowest BCUT2D eigenvalue weighted by atomic mass is 10.1. The van der Waals surface area contributed by atoms with Crippen LogP contribution in [0.2, 0.25) is 0 Å². The molecule has 2 rings (SSSR count). The highest BCUT2D eigenvalue weighted by atomic mass is 16.6. The summed E-state index contributed by atoms with van der Waals surface area (Å²) >= 11 is 0. The second-order valence-corrected chi connectivity index (χ2v) is 5.31. The molecule has 2 N–H and O–H groups in total. The first-order valence-corrected chi connectivity index (χ1v) is 6.40. The molecule has 2 atom stereocenters. The fraction of sp³-hybridized carbons (Fsp3) is 0.538. The lowest BCUT2D eigenvalue weighted by Gasteiger charge is -2.43. The fourth-order valence-corrected chi connectivity index (χ4v) is 2.52. The van der Waals surface area contributed by atoms with Crippen molar-refractivity contribution >= 4 is 17.1 Å². The third kappa shape index (κ3) is 2.78. The van der Waals surface area contributed by atoms with E-state index in [1.165, 1.54) is 6.07 Å². The van der Waals surface area contributed by atoms with E-state index in [9.17, 15) is 10.1 Å². The molecule has 0 aliphatic carbocycles. The number of benzene rings is 1. The van der Waals surface area contributed by atoms with Gasteiger partial charge >= 0.3 is 0 Å². The molecule has 1 saturated heterocycles. The molecule has 1 aliphatic rings. The van der Waals surface area contributed by atoms with Gasteiger partial charge in [0, 0.05) is 48.7 Å². The smallest absolute Gasteiger partial charge is 0.273 e. The van der Waals surface area contributed by atoms with Crippen molar-refractivity contribution in [1.29, 1.82) is 0 Å². The second-order valence-electron chi connectivity index (χ2n) is 5.31. The van der Waals surface area contributed by atoms with Crippen LogP contribution in [-0.2, 0) is 0 Å². The van der Waals surface area contributed by atoms with Crippen LogP contribution in [0.15, 0.2) is 18.2 Å². The van der Waals surface area contributed by atoms with Crippen molar-refractivity contribution in [1.82, 2.24) is 4.90 Å². The van der Waals surface area contributed by atoms with Crippen LogP contribution in [0.25, 0.3) is 0 Å². The number of nitro groups is 1. The number of nitrogen functional groups attached to an aromatic ring is 1. The summed E-state index contributed by atoms with van der Waals surface area (Å²) in [5, 5.41) is 10.9. The summed E-state index contributed by atoms with van der Waals surface area (Å²) < 4.78 is 0. The molecule has 0 spiro atoms. The van der Waals surface area contributed by atoms with E-state index in [-0.39, 0.29) is 5.69 Å². The SMILES string of the molecule is CC1CN(c2cc(N)cc([N+](=O)[O-])c2)CC(C)N1C. The highest BCUT2D eigenvalue weighted by Crippen LogP contribution is 2.28. The largest absolute Gasteiger partial charge is 0.398 e. The summed E-state index contributed by atoms with van der Waals surface area (Å²) in [6.07, 6.45) is 0. The Bertz CT molecular complexity index is 480. The lowest BCUT2D eigenvalue weighted by molar-refractivity contribution is -0.384. The zero-order chi connectivity index (χ0) is 14.2. The summed E-state index contributed by atoms with van der Waals surface area (Å²) in [4.78, 5) is 15.0. The first-order valence-electron chi connectivity index (χ1n) is 6.40. The zero-order valence-corrected chi connectivity index (χ0v) is 11.5. The summed E-state index contributed by atoms with van der Waals surface area (Å²) in [5.41, 5.74) is 7.07. The van der Waals surface area contributed by atoms with E-state index in [1.807, 2.05) is 0 Å². The molecule has 0 amide bonds. The van der Waals surface area contributed by atoms with Gasteiger partial charge in [0.15, 0.2) is 0 Å². The number of hydrogen-bond acceptors (Lipinski definition) is 5. The van der Waals surface area contributed by atoms with Crippen molar-refractivity contribution in [3.8, 4) is 0 Å². The summed E-state index contributed by atoms with van der Waals surface area (Å²) in [6, 6.07) is 5.61. The zero-order valence-electron chi connectivity index (χ0n) is 11.5. The fourth-order valence-electron chi connectivity index (χ4n) is 2.52. The highest BCUT2D eigenvalue weighted by Gasteiger charge is 2.27. The van der Waals surface area contributed by atoms with Crippen LogP contribution >= 0.6 is 0 Å². The Morgan fingerprint density at radius 1 is 1.26 bits per heavy atom. The predicted molar refractivity (Wildman–Crippen MR) is 76.4 cm³/mol. The number of rotatable bonds is 2. The summed E-state index contributed by atoms with van der Waals surface area (Å²) in [6.45, 7) is 6.01. The maximum atomic E-state index is 10.9. The molecule has 19 heavy (non-hydrogen) atoms. The number of piperazine rings is 1. The average molecular weight is 264 g/mol. The molecule has 0 bridgehead atoms. The van der Waals surface area contributed by atoms with E-state index in [2.05, 4.69) is 30.7 Å². The quantitative estimate of drug-likeness (QED) is 0.500. The van der Waals surface area contributed by atoms with Gasteiger partial charge in [0.2, 0.25) is 0 Å². The summed E-state index contributed by atoms with van der Waals surface area (Å²) in [5.74, 6) is 0. The molecule has 0 radical (unpaired) electrons. The van der Waals surface area contributed by atoms with Gasteiger partial charge in [0.05, 0.1) is 4.92 Å². The number of likely N-dealkylation sites (N-methyl/N-ethyl adjacent to an activating group) is 1. The van der Waals surface area contributed by atoms with Crippen LogP contribution in [-0.4, -0.2) is 42.0 Å². The molecule has 1 heterocycles. The lowest BCUT2D eigenvalue weighted by Crippen LogP contribution is -2.55. The Morgan fingerprint density at radius 3 is 2.37 bits per heavy atom. The molecular weight excluding hydrogens is 244 g/mol. The van der Waals surface area contributed by atoms with Crippen molar-refractivity contribution in [2.45, 2.75) is 25.9 Å². The van der Waals surface area contributed by atoms with E-state index >= 15 is 0 Å². The molecule has 1 aromatic carbocycles. The molecule has 1 fully saturated rings. The van der Waals surface area contributed by atoms with E-state index in [0.717, 1.165) is 18.8 Å². The predicted octanol–water partition coefficient (Wildman–Crippen LogP) is 1.71. The van der Waals surface area contributed by atoms with Crippen LogP contribution in [0.4, 0.5) is 17.1 Å². The van der Waals surface area contributed by atoms with E-state index in [1.54, 1.807) is 12.1 Å². The van der Waals surface area contributed by atoms with Crippen LogP contribution in [0.5, 0.6) is 0 Å². The Kier molecular flexibility index (Phi) is 3.61. The van der Waals surface area contributed by atoms with Crippen molar-refractivity contribution < 1.29 is 4.92 Å².